The van der Waals surface area contributed by atoms with Crippen LogP contribution in [0.5, 0.6) is 0 Å². The minimum absolute atomic E-state index is 0.564. The van der Waals surface area contributed by atoms with Crippen molar-refractivity contribution in [2.45, 2.75) is 12.8 Å². The molecule has 3 heteroatoms. The van der Waals surface area contributed by atoms with Crippen LogP contribution in [0, 0.1) is 5.92 Å². The third-order valence-corrected chi connectivity index (χ3v) is 2.38. The smallest absolute Gasteiger partial charge is 0.0783 e. The topological polar surface area (TPSA) is 21.3 Å². The highest BCUT2D eigenvalue weighted by molar-refractivity contribution is 7.80. The molecule has 0 saturated carbocycles. The van der Waals surface area contributed by atoms with E-state index < -0.39 is 0 Å². The quantitative estimate of drug-likeness (QED) is 0.576. The van der Waals surface area contributed by atoms with Crippen LogP contribution in [0.25, 0.3) is 0 Å². The molecule has 1 rings (SSSR count). The first-order valence-electron chi connectivity index (χ1n) is 3.64. The van der Waals surface area contributed by atoms with Gasteiger partial charge in [0, 0.05) is 26.2 Å². The van der Waals surface area contributed by atoms with Crippen LogP contribution in [0.3, 0.4) is 0 Å². The van der Waals surface area contributed by atoms with Crippen molar-refractivity contribution in [3.63, 3.8) is 0 Å². The molecule has 0 radical (unpaired) electrons. The summed E-state index contributed by atoms with van der Waals surface area (Å²) in [5.41, 5.74) is 0. The molecule has 1 aliphatic rings. The molecule has 2 nitrogen and oxygen atoms in total. The molecular formula is C7H13NOS. The molecule has 0 aromatic rings. The summed E-state index contributed by atoms with van der Waals surface area (Å²) in [5.74, 6) is 0.564. The molecule has 1 saturated heterocycles. The first-order chi connectivity index (χ1) is 4.84. The molecule has 0 aromatic carbocycles. The van der Waals surface area contributed by atoms with Crippen LogP contribution in [0.4, 0.5) is 0 Å². The van der Waals surface area contributed by atoms with E-state index in [2.05, 4.69) is 5.32 Å². The van der Waals surface area contributed by atoms with Crippen molar-refractivity contribution in [3.8, 4) is 0 Å². The molecule has 1 N–H and O–H groups in total. The van der Waals surface area contributed by atoms with E-state index in [1.807, 2.05) is 7.05 Å². The minimum atomic E-state index is 0.564. The number of hydrogen-bond donors (Lipinski definition) is 1. The Morgan fingerprint density at radius 1 is 1.50 bits per heavy atom. The van der Waals surface area contributed by atoms with Crippen molar-refractivity contribution < 1.29 is 4.74 Å². The fourth-order valence-electron chi connectivity index (χ4n) is 1.16. The summed E-state index contributed by atoms with van der Waals surface area (Å²) in [5, 5.41) is 3.01. The molecule has 1 aliphatic heterocycles. The van der Waals surface area contributed by atoms with E-state index in [0.29, 0.717) is 5.92 Å². The van der Waals surface area contributed by atoms with Crippen molar-refractivity contribution in [2.24, 2.45) is 5.92 Å². The van der Waals surface area contributed by atoms with Crippen LogP contribution in [0.15, 0.2) is 0 Å². The van der Waals surface area contributed by atoms with E-state index in [1.165, 1.54) is 0 Å². The lowest BCUT2D eigenvalue weighted by atomic mass is 10.0. The number of hydrogen-bond acceptors (Lipinski definition) is 2. The molecule has 1 fully saturated rings. The maximum Gasteiger partial charge on any atom is 0.0783 e. The van der Waals surface area contributed by atoms with E-state index in [9.17, 15) is 0 Å². The van der Waals surface area contributed by atoms with Gasteiger partial charge in [-0.2, -0.15) is 0 Å². The summed E-state index contributed by atoms with van der Waals surface area (Å²) in [6, 6.07) is 0. The fraction of sp³-hybridized carbons (Fsp3) is 0.857. The van der Waals surface area contributed by atoms with Gasteiger partial charge >= 0.3 is 0 Å². The molecule has 58 valence electrons. The number of thiocarbonyl (C=S) groups is 1. The Morgan fingerprint density at radius 3 is 2.60 bits per heavy atom. The van der Waals surface area contributed by atoms with Gasteiger partial charge in [0.15, 0.2) is 0 Å². The lowest BCUT2D eigenvalue weighted by Crippen LogP contribution is -2.30. The Hall–Kier alpha value is -0.150. The molecule has 0 bridgehead atoms. The standard InChI is InChI=1S/C7H13NOS/c1-8-7(10)6-2-4-9-5-3-6/h6H,2-5H2,1H3,(H,8,10). The summed E-state index contributed by atoms with van der Waals surface area (Å²) < 4.78 is 5.21. The highest BCUT2D eigenvalue weighted by Crippen LogP contribution is 2.14. The average molecular weight is 159 g/mol. The molecule has 0 aliphatic carbocycles. The fourth-order valence-corrected chi connectivity index (χ4v) is 1.40. The molecule has 0 amide bonds. The van der Waals surface area contributed by atoms with E-state index in [-0.39, 0.29) is 0 Å². The van der Waals surface area contributed by atoms with Crippen LogP contribution in [0.1, 0.15) is 12.8 Å². The van der Waals surface area contributed by atoms with Crippen molar-refractivity contribution in [3.05, 3.63) is 0 Å². The summed E-state index contributed by atoms with van der Waals surface area (Å²) >= 11 is 5.11. The lowest BCUT2D eigenvalue weighted by Gasteiger charge is -2.22. The molecule has 1 heterocycles. The molecule has 0 spiro atoms. The van der Waals surface area contributed by atoms with Gasteiger partial charge in [-0.3, -0.25) is 0 Å². The van der Waals surface area contributed by atoms with E-state index in [1.54, 1.807) is 0 Å². The van der Waals surface area contributed by atoms with Gasteiger partial charge < -0.3 is 10.1 Å². The van der Waals surface area contributed by atoms with E-state index in [0.717, 1.165) is 31.0 Å². The largest absolute Gasteiger partial charge is 0.382 e. The molecular weight excluding hydrogens is 146 g/mol. The zero-order valence-electron chi connectivity index (χ0n) is 6.22. The van der Waals surface area contributed by atoms with E-state index >= 15 is 0 Å². The first-order valence-corrected chi connectivity index (χ1v) is 4.04. The van der Waals surface area contributed by atoms with Gasteiger partial charge in [-0.15, -0.1) is 0 Å². The molecule has 0 atom stereocenters. The Kier molecular flexibility index (Phi) is 3.09. The third-order valence-electron chi connectivity index (χ3n) is 1.84. The second-order valence-corrected chi connectivity index (χ2v) is 2.94. The summed E-state index contributed by atoms with van der Waals surface area (Å²) in [6.07, 6.45) is 2.17. The first kappa shape index (κ1) is 7.95. The Labute approximate surface area is 66.9 Å². The monoisotopic (exact) mass is 159 g/mol. The Balaban J connectivity index is 2.31. The Morgan fingerprint density at radius 2 is 2.10 bits per heavy atom. The summed E-state index contributed by atoms with van der Waals surface area (Å²) in [4.78, 5) is 0.989. The van der Waals surface area contributed by atoms with Crippen molar-refractivity contribution in [1.82, 2.24) is 5.32 Å². The zero-order chi connectivity index (χ0) is 7.40. The third kappa shape index (κ3) is 1.92. The van der Waals surface area contributed by atoms with Gasteiger partial charge in [0.05, 0.1) is 4.99 Å². The van der Waals surface area contributed by atoms with Crippen LogP contribution in [-0.2, 0) is 4.74 Å². The Bertz CT molecular complexity index is 121. The van der Waals surface area contributed by atoms with Gasteiger partial charge in [-0.05, 0) is 12.8 Å². The second kappa shape index (κ2) is 3.88. The van der Waals surface area contributed by atoms with Gasteiger partial charge in [0.2, 0.25) is 0 Å². The van der Waals surface area contributed by atoms with Crippen molar-refractivity contribution in [1.29, 1.82) is 0 Å². The lowest BCUT2D eigenvalue weighted by molar-refractivity contribution is 0.0827. The van der Waals surface area contributed by atoms with Gasteiger partial charge in [0.25, 0.3) is 0 Å². The summed E-state index contributed by atoms with van der Waals surface area (Å²) in [7, 11) is 1.89. The van der Waals surface area contributed by atoms with Crippen molar-refractivity contribution >= 4 is 17.2 Å². The maximum absolute atomic E-state index is 5.21. The van der Waals surface area contributed by atoms with Gasteiger partial charge in [0.1, 0.15) is 0 Å². The maximum atomic E-state index is 5.21. The summed E-state index contributed by atoms with van der Waals surface area (Å²) in [6.45, 7) is 1.74. The molecule has 0 unspecified atom stereocenters. The highest BCUT2D eigenvalue weighted by Gasteiger charge is 2.16. The van der Waals surface area contributed by atoms with Crippen LogP contribution in [-0.4, -0.2) is 25.2 Å². The predicted octanol–water partition coefficient (Wildman–Crippen LogP) is 0.960. The highest BCUT2D eigenvalue weighted by atomic mass is 32.1. The SMILES string of the molecule is CNC(=S)C1CCOCC1. The van der Waals surface area contributed by atoms with Crippen LogP contribution in [0.2, 0.25) is 0 Å². The zero-order valence-corrected chi connectivity index (χ0v) is 7.04. The van der Waals surface area contributed by atoms with Crippen LogP contribution >= 0.6 is 12.2 Å². The average Bonchev–Trinajstić information content (AvgIpc) is 2.05. The predicted molar refractivity (Wildman–Crippen MR) is 45.2 cm³/mol. The van der Waals surface area contributed by atoms with Gasteiger partial charge in [-0.25, -0.2) is 0 Å². The van der Waals surface area contributed by atoms with Gasteiger partial charge in [-0.1, -0.05) is 12.2 Å². The minimum Gasteiger partial charge on any atom is -0.382 e. The van der Waals surface area contributed by atoms with Crippen molar-refractivity contribution in [2.75, 3.05) is 20.3 Å². The molecule has 10 heavy (non-hydrogen) atoms. The number of ether oxygens (including phenoxy) is 1. The number of nitrogens with one attached hydrogen (secondary N) is 1. The van der Waals surface area contributed by atoms with E-state index in [4.69, 9.17) is 17.0 Å². The second-order valence-electron chi connectivity index (χ2n) is 2.50. The van der Waals surface area contributed by atoms with Crippen LogP contribution < -0.4 is 5.32 Å². The molecule has 0 aromatic heterocycles. The normalized spacial score (nSPS) is 20.5. The number of rotatable bonds is 1.